The molecular weight excluding hydrogens is 412 g/mol. The summed E-state index contributed by atoms with van der Waals surface area (Å²) in [5.74, 6) is 0.612. The maximum Gasteiger partial charge on any atom is 0.237 e. The van der Waals surface area contributed by atoms with Crippen molar-refractivity contribution < 1.29 is 9.59 Å². The zero-order valence-electron chi connectivity index (χ0n) is 20.1. The van der Waals surface area contributed by atoms with Crippen molar-refractivity contribution in [2.75, 3.05) is 32.7 Å². The van der Waals surface area contributed by atoms with Gasteiger partial charge in [-0.05, 0) is 74.5 Å². The van der Waals surface area contributed by atoms with Crippen molar-refractivity contribution in [1.82, 2.24) is 20.4 Å². The van der Waals surface area contributed by atoms with Crippen LogP contribution in [0.5, 0.6) is 0 Å². The van der Waals surface area contributed by atoms with Gasteiger partial charge in [0, 0.05) is 32.2 Å². The predicted molar refractivity (Wildman–Crippen MR) is 133 cm³/mol. The van der Waals surface area contributed by atoms with Gasteiger partial charge in [0.15, 0.2) is 0 Å². The Morgan fingerprint density at radius 3 is 2.61 bits per heavy atom. The molecule has 1 atom stereocenters. The Morgan fingerprint density at radius 2 is 1.85 bits per heavy atom. The maximum atomic E-state index is 12.7. The van der Waals surface area contributed by atoms with Crippen LogP contribution in [0.4, 0.5) is 0 Å². The molecule has 2 aliphatic heterocycles. The minimum atomic E-state index is -0.417. The summed E-state index contributed by atoms with van der Waals surface area (Å²) in [5.41, 5.74) is 1.17. The molecule has 0 aliphatic carbocycles. The number of carbonyl (C=O) groups is 2. The highest BCUT2D eigenvalue weighted by atomic mass is 16.2. The number of rotatable bonds is 8. The first-order valence-corrected chi connectivity index (χ1v) is 12.5. The first-order valence-electron chi connectivity index (χ1n) is 12.5. The van der Waals surface area contributed by atoms with Crippen LogP contribution in [-0.2, 0) is 16.1 Å². The molecule has 33 heavy (non-hydrogen) atoms. The highest BCUT2D eigenvalue weighted by Crippen LogP contribution is 2.22. The minimum Gasteiger partial charge on any atom is -0.356 e. The summed E-state index contributed by atoms with van der Waals surface area (Å²) in [6.45, 7) is 9.57. The van der Waals surface area contributed by atoms with E-state index in [0.717, 1.165) is 26.1 Å². The van der Waals surface area contributed by atoms with Gasteiger partial charge in [0.2, 0.25) is 11.8 Å². The van der Waals surface area contributed by atoms with Crippen molar-refractivity contribution in [1.29, 1.82) is 0 Å². The second-order valence-electron chi connectivity index (χ2n) is 9.87. The van der Waals surface area contributed by atoms with E-state index < -0.39 is 6.04 Å². The fourth-order valence-corrected chi connectivity index (χ4v) is 5.17. The van der Waals surface area contributed by atoms with E-state index in [1.54, 1.807) is 0 Å². The van der Waals surface area contributed by atoms with Gasteiger partial charge in [-0.15, -0.1) is 0 Å². The van der Waals surface area contributed by atoms with E-state index in [0.29, 0.717) is 31.6 Å². The van der Waals surface area contributed by atoms with Crippen LogP contribution in [0.15, 0.2) is 42.5 Å². The number of nitrogens with zero attached hydrogens (tertiary/aromatic N) is 2. The highest BCUT2D eigenvalue weighted by Gasteiger charge is 2.31. The molecule has 2 saturated heterocycles. The Hall–Kier alpha value is -2.44. The molecule has 0 saturated carbocycles. The number of piperazine rings is 1. The van der Waals surface area contributed by atoms with Crippen LogP contribution in [0.3, 0.4) is 0 Å². The van der Waals surface area contributed by atoms with E-state index in [-0.39, 0.29) is 18.2 Å². The topological polar surface area (TPSA) is 64.7 Å². The Morgan fingerprint density at radius 1 is 1.09 bits per heavy atom. The van der Waals surface area contributed by atoms with Crippen molar-refractivity contribution in [2.24, 2.45) is 5.92 Å². The van der Waals surface area contributed by atoms with Crippen molar-refractivity contribution in [2.45, 2.75) is 58.2 Å². The zero-order chi connectivity index (χ0) is 23.2. The molecule has 1 unspecified atom stereocenters. The van der Waals surface area contributed by atoms with Crippen LogP contribution in [0.2, 0.25) is 0 Å². The van der Waals surface area contributed by atoms with Gasteiger partial charge >= 0.3 is 0 Å². The summed E-state index contributed by atoms with van der Waals surface area (Å²) in [5, 5.41) is 8.43. The van der Waals surface area contributed by atoms with E-state index in [1.165, 1.54) is 29.2 Å². The molecule has 0 bridgehead atoms. The molecule has 2 heterocycles. The monoisotopic (exact) mass is 450 g/mol. The van der Waals surface area contributed by atoms with Crippen LogP contribution >= 0.6 is 0 Å². The predicted octanol–water partition coefficient (Wildman–Crippen LogP) is 3.16. The Labute approximate surface area is 197 Å². The number of nitrogens with one attached hydrogen (secondary N) is 2. The number of carbonyl (C=O) groups excluding carboxylic acids is 2. The lowest BCUT2D eigenvalue weighted by atomic mass is 9.93. The molecular formula is C27H38N4O2. The summed E-state index contributed by atoms with van der Waals surface area (Å²) in [7, 11) is 0. The molecule has 6 nitrogen and oxygen atoms in total. The smallest absolute Gasteiger partial charge is 0.237 e. The number of benzene rings is 2. The van der Waals surface area contributed by atoms with E-state index in [1.807, 2.05) is 12.1 Å². The van der Waals surface area contributed by atoms with Gasteiger partial charge in [-0.1, -0.05) is 36.4 Å². The third-order valence-electron chi connectivity index (χ3n) is 7.27. The SMILES string of the molecule is CC(C)N1CCC(CCNC(=O)CC2C(=O)NCCN2Cc2ccc3ccccc3c2)CC1. The average Bonchev–Trinajstić information content (AvgIpc) is 2.81. The van der Waals surface area contributed by atoms with Gasteiger partial charge in [-0.3, -0.25) is 14.5 Å². The van der Waals surface area contributed by atoms with Gasteiger partial charge in [-0.2, -0.15) is 0 Å². The van der Waals surface area contributed by atoms with Gasteiger partial charge in [-0.25, -0.2) is 0 Å². The largest absolute Gasteiger partial charge is 0.356 e. The molecule has 2 fully saturated rings. The number of fused-ring (bicyclic) bond motifs is 1. The van der Waals surface area contributed by atoms with Crippen LogP contribution in [-0.4, -0.2) is 66.4 Å². The standard InChI is InChI=1S/C27H38N4O2/c1-20(2)30-14-10-21(11-15-30)9-12-28-26(32)18-25-27(33)29-13-16-31(25)19-22-7-8-23-5-3-4-6-24(23)17-22/h3-8,17,20-21,25H,9-16,18-19H2,1-2H3,(H,28,32)(H,29,33). The van der Waals surface area contributed by atoms with Crippen LogP contribution < -0.4 is 10.6 Å². The van der Waals surface area contributed by atoms with Gasteiger partial charge in [0.05, 0.1) is 12.5 Å². The average molecular weight is 451 g/mol. The third kappa shape index (κ3) is 6.33. The minimum absolute atomic E-state index is 0.0276. The summed E-state index contributed by atoms with van der Waals surface area (Å²) in [6, 6.07) is 14.9. The van der Waals surface area contributed by atoms with Gasteiger partial charge in [0.25, 0.3) is 0 Å². The van der Waals surface area contributed by atoms with E-state index in [2.05, 4.69) is 64.6 Å². The Bertz CT molecular complexity index is 952. The van der Waals surface area contributed by atoms with Crippen LogP contribution in [0.1, 0.15) is 45.1 Å². The van der Waals surface area contributed by atoms with Crippen LogP contribution in [0.25, 0.3) is 10.8 Å². The summed E-state index contributed by atoms with van der Waals surface area (Å²) >= 11 is 0. The molecule has 2 aromatic rings. The van der Waals surface area contributed by atoms with Crippen molar-refractivity contribution in [3.63, 3.8) is 0 Å². The van der Waals surface area contributed by atoms with Gasteiger partial charge < -0.3 is 15.5 Å². The zero-order valence-corrected chi connectivity index (χ0v) is 20.1. The summed E-state index contributed by atoms with van der Waals surface area (Å²) < 4.78 is 0. The Balaban J connectivity index is 1.27. The number of amides is 2. The molecule has 4 rings (SSSR count). The molecule has 178 valence electrons. The third-order valence-corrected chi connectivity index (χ3v) is 7.27. The lowest BCUT2D eigenvalue weighted by Gasteiger charge is -2.35. The van der Waals surface area contributed by atoms with Crippen molar-refractivity contribution >= 4 is 22.6 Å². The second kappa shape index (κ2) is 11.1. The quantitative estimate of drug-likeness (QED) is 0.649. The van der Waals surface area contributed by atoms with E-state index >= 15 is 0 Å². The lowest BCUT2D eigenvalue weighted by Crippen LogP contribution is -2.56. The van der Waals surface area contributed by atoms with E-state index in [4.69, 9.17) is 0 Å². The first-order chi connectivity index (χ1) is 16.0. The van der Waals surface area contributed by atoms with Crippen molar-refractivity contribution in [3.8, 4) is 0 Å². The van der Waals surface area contributed by atoms with Gasteiger partial charge in [0.1, 0.15) is 0 Å². The summed E-state index contributed by atoms with van der Waals surface area (Å²) in [4.78, 5) is 30.0. The molecule has 0 aromatic heterocycles. The second-order valence-corrected chi connectivity index (χ2v) is 9.87. The molecule has 2 amide bonds. The number of hydrogen-bond acceptors (Lipinski definition) is 4. The Kier molecular flexibility index (Phi) is 7.99. The number of hydrogen-bond donors (Lipinski definition) is 2. The fraction of sp³-hybridized carbons (Fsp3) is 0.556. The number of piperidine rings is 1. The molecule has 2 aromatic carbocycles. The number of likely N-dealkylation sites (tertiary alicyclic amines) is 1. The normalized spacial score (nSPS) is 20.8. The van der Waals surface area contributed by atoms with E-state index in [9.17, 15) is 9.59 Å². The molecule has 0 radical (unpaired) electrons. The maximum absolute atomic E-state index is 12.7. The molecule has 6 heteroatoms. The summed E-state index contributed by atoms with van der Waals surface area (Å²) in [6.07, 6.45) is 3.65. The highest BCUT2D eigenvalue weighted by molar-refractivity contribution is 5.89. The van der Waals surface area contributed by atoms with Crippen LogP contribution in [0, 0.1) is 5.92 Å². The first kappa shape index (κ1) is 23.7. The molecule has 2 N–H and O–H groups in total. The lowest BCUT2D eigenvalue weighted by molar-refractivity contribution is -0.134. The van der Waals surface area contributed by atoms with Crippen molar-refractivity contribution in [3.05, 3.63) is 48.0 Å². The fourth-order valence-electron chi connectivity index (χ4n) is 5.17. The molecule has 0 spiro atoms. The molecule has 2 aliphatic rings.